The molecule has 0 aromatic heterocycles. The standard InChI is InChI=1S/C23H38N4O.HI/c1-4-24-23(27-13-11-22(17-27)18-28-3)25-14-20-7-9-21(10-8-20)16-26-12-5-6-19(2)15-26;/h7-10,19,22H,4-6,11-18H2,1-3H3,(H,24,25);1H. The van der Waals surface area contributed by atoms with Crippen molar-refractivity contribution in [2.75, 3.05) is 46.4 Å². The minimum atomic E-state index is 0. The van der Waals surface area contributed by atoms with E-state index >= 15 is 0 Å². The Labute approximate surface area is 194 Å². The lowest BCUT2D eigenvalue weighted by Gasteiger charge is -2.30. The van der Waals surface area contributed by atoms with Gasteiger partial charge in [-0.2, -0.15) is 0 Å². The monoisotopic (exact) mass is 514 g/mol. The van der Waals surface area contributed by atoms with Crippen molar-refractivity contribution >= 4 is 29.9 Å². The third kappa shape index (κ3) is 7.72. The number of benzene rings is 1. The predicted molar refractivity (Wildman–Crippen MR) is 132 cm³/mol. The number of hydrogen-bond acceptors (Lipinski definition) is 3. The van der Waals surface area contributed by atoms with Crippen molar-refractivity contribution in [3.05, 3.63) is 35.4 Å². The lowest BCUT2D eigenvalue weighted by atomic mass is 9.99. The van der Waals surface area contributed by atoms with Gasteiger partial charge < -0.3 is 15.0 Å². The number of halogens is 1. The molecule has 0 aliphatic carbocycles. The van der Waals surface area contributed by atoms with E-state index in [9.17, 15) is 0 Å². The minimum absolute atomic E-state index is 0. The molecule has 2 fully saturated rings. The molecule has 0 saturated carbocycles. The molecule has 1 aromatic rings. The van der Waals surface area contributed by atoms with Gasteiger partial charge in [0.05, 0.1) is 13.2 Å². The summed E-state index contributed by atoms with van der Waals surface area (Å²) in [7, 11) is 1.79. The first-order chi connectivity index (χ1) is 13.7. The number of aliphatic imine (C=N–C) groups is 1. The molecule has 1 aromatic carbocycles. The quantitative estimate of drug-likeness (QED) is 0.340. The molecule has 1 N–H and O–H groups in total. The highest BCUT2D eigenvalue weighted by atomic mass is 127. The molecule has 0 amide bonds. The maximum Gasteiger partial charge on any atom is 0.194 e. The number of methoxy groups -OCH3 is 1. The van der Waals surface area contributed by atoms with Gasteiger partial charge in [-0.3, -0.25) is 4.90 Å². The molecule has 2 aliphatic heterocycles. The summed E-state index contributed by atoms with van der Waals surface area (Å²) in [5.74, 6) is 2.49. The van der Waals surface area contributed by atoms with Crippen LogP contribution in [-0.2, 0) is 17.8 Å². The van der Waals surface area contributed by atoms with Crippen LogP contribution in [-0.4, -0.2) is 62.2 Å². The van der Waals surface area contributed by atoms with E-state index in [0.717, 1.165) is 51.2 Å². The lowest BCUT2D eigenvalue weighted by Crippen LogP contribution is -2.40. The summed E-state index contributed by atoms with van der Waals surface area (Å²) >= 11 is 0. The van der Waals surface area contributed by atoms with Crippen LogP contribution in [0.1, 0.15) is 44.2 Å². The molecule has 164 valence electrons. The zero-order valence-corrected chi connectivity index (χ0v) is 20.7. The van der Waals surface area contributed by atoms with Crippen LogP contribution in [0.2, 0.25) is 0 Å². The molecule has 5 nitrogen and oxygen atoms in total. The molecule has 2 atom stereocenters. The molecular formula is C23H39IN4O. The fourth-order valence-electron chi connectivity index (χ4n) is 4.43. The van der Waals surface area contributed by atoms with E-state index in [4.69, 9.17) is 9.73 Å². The number of guanidine groups is 1. The summed E-state index contributed by atoms with van der Waals surface area (Å²) in [4.78, 5) is 9.86. The summed E-state index contributed by atoms with van der Waals surface area (Å²) < 4.78 is 5.32. The fourth-order valence-corrected chi connectivity index (χ4v) is 4.43. The molecule has 0 spiro atoms. The van der Waals surface area contributed by atoms with Crippen LogP contribution < -0.4 is 5.32 Å². The molecule has 2 unspecified atom stereocenters. The zero-order valence-electron chi connectivity index (χ0n) is 18.4. The van der Waals surface area contributed by atoms with E-state index in [1.165, 1.54) is 43.5 Å². The summed E-state index contributed by atoms with van der Waals surface area (Å²) in [6, 6.07) is 9.05. The highest BCUT2D eigenvalue weighted by molar-refractivity contribution is 14.0. The van der Waals surface area contributed by atoms with Crippen molar-refractivity contribution in [1.29, 1.82) is 0 Å². The van der Waals surface area contributed by atoms with Gasteiger partial charge in [0.1, 0.15) is 0 Å². The summed E-state index contributed by atoms with van der Waals surface area (Å²) in [5.41, 5.74) is 2.69. The molecule has 2 saturated heterocycles. The van der Waals surface area contributed by atoms with E-state index in [1.54, 1.807) is 7.11 Å². The Balaban J connectivity index is 0.00000300. The Hall–Kier alpha value is -0.860. The first-order valence-corrected chi connectivity index (χ1v) is 11.0. The number of piperidine rings is 1. The van der Waals surface area contributed by atoms with Crippen molar-refractivity contribution < 1.29 is 4.74 Å². The van der Waals surface area contributed by atoms with Gasteiger partial charge in [0.2, 0.25) is 0 Å². The highest BCUT2D eigenvalue weighted by Gasteiger charge is 2.24. The van der Waals surface area contributed by atoms with Gasteiger partial charge in [-0.1, -0.05) is 31.2 Å². The average Bonchev–Trinajstić information content (AvgIpc) is 3.15. The van der Waals surface area contributed by atoms with Crippen LogP contribution in [0.4, 0.5) is 0 Å². The number of rotatable bonds is 7. The van der Waals surface area contributed by atoms with E-state index in [-0.39, 0.29) is 24.0 Å². The molecule has 0 bridgehead atoms. The summed E-state index contributed by atoms with van der Waals surface area (Å²) in [6.45, 7) is 12.6. The smallest absolute Gasteiger partial charge is 0.194 e. The van der Waals surface area contributed by atoms with Gasteiger partial charge in [0.15, 0.2) is 5.96 Å². The molecular weight excluding hydrogens is 475 g/mol. The van der Waals surface area contributed by atoms with Crippen molar-refractivity contribution in [3.8, 4) is 0 Å². The molecule has 2 aliphatic rings. The Morgan fingerprint density at radius 1 is 1.14 bits per heavy atom. The SMILES string of the molecule is CCNC(=NCc1ccc(CN2CCCC(C)C2)cc1)N1CCC(COC)C1.I. The van der Waals surface area contributed by atoms with Crippen molar-refractivity contribution in [2.45, 2.75) is 46.2 Å². The van der Waals surface area contributed by atoms with Gasteiger partial charge in [0.25, 0.3) is 0 Å². The van der Waals surface area contributed by atoms with Gasteiger partial charge >= 0.3 is 0 Å². The van der Waals surface area contributed by atoms with E-state index in [1.807, 2.05) is 0 Å². The van der Waals surface area contributed by atoms with E-state index in [2.05, 4.69) is 53.2 Å². The second-order valence-corrected chi connectivity index (χ2v) is 8.53. The largest absolute Gasteiger partial charge is 0.384 e. The number of nitrogens with one attached hydrogen (secondary N) is 1. The van der Waals surface area contributed by atoms with Gasteiger partial charge in [-0.25, -0.2) is 4.99 Å². The van der Waals surface area contributed by atoms with Crippen molar-refractivity contribution in [1.82, 2.24) is 15.1 Å². The van der Waals surface area contributed by atoms with Crippen molar-refractivity contribution in [2.24, 2.45) is 16.8 Å². The topological polar surface area (TPSA) is 40.1 Å². The number of hydrogen-bond donors (Lipinski definition) is 1. The first kappa shape index (κ1) is 24.4. The summed E-state index contributed by atoms with van der Waals surface area (Å²) in [6.07, 6.45) is 3.90. The van der Waals surface area contributed by atoms with Gasteiger partial charge in [-0.05, 0) is 49.8 Å². The van der Waals surface area contributed by atoms with Gasteiger partial charge in [-0.15, -0.1) is 24.0 Å². The highest BCUT2D eigenvalue weighted by Crippen LogP contribution is 2.19. The van der Waals surface area contributed by atoms with Crippen LogP contribution in [0.15, 0.2) is 29.3 Å². The van der Waals surface area contributed by atoms with Crippen LogP contribution in [0, 0.1) is 11.8 Å². The average molecular weight is 514 g/mol. The van der Waals surface area contributed by atoms with E-state index in [0.29, 0.717) is 5.92 Å². The second-order valence-electron chi connectivity index (χ2n) is 8.53. The van der Waals surface area contributed by atoms with Crippen LogP contribution >= 0.6 is 24.0 Å². The Morgan fingerprint density at radius 2 is 1.90 bits per heavy atom. The molecule has 0 radical (unpaired) electrons. The number of nitrogens with zero attached hydrogens (tertiary/aromatic N) is 3. The lowest BCUT2D eigenvalue weighted by molar-refractivity contribution is 0.157. The third-order valence-corrected chi connectivity index (χ3v) is 5.90. The van der Waals surface area contributed by atoms with Crippen molar-refractivity contribution in [3.63, 3.8) is 0 Å². The number of ether oxygens (including phenoxy) is 1. The summed E-state index contributed by atoms with van der Waals surface area (Å²) in [5, 5.41) is 3.46. The minimum Gasteiger partial charge on any atom is -0.384 e. The van der Waals surface area contributed by atoms with Crippen LogP contribution in [0.3, 0.4) is 0 Å². The number of likely N-dealkylation sites (tertiary alicyclic amines) is 2. The molecule has 6 heteroatoms. The second kappa shape index (κ2) is 12.7. The fraction of sp³-hybridized carbons (Fsp3) is 0.696. The van der Waals surface area contributed by atoms with Crippen LogP contribution in [0.25, 0.3) is 0 Å². The molecule has 3 rings (SSSR count). The maximum absolute atomic E-state index is 5.32. The molecule has 2 heterocycles. The third-order valence-electron chi connectivity index (χ3n) is 5.90. The zero-order chi connectivity index (χ0) is 19.8. The van der Waals surface area contributed by atoms with Gasteiger partial charge in [0, 0.05) is 45.8 Å². The Kier molecular flexibility index (Phi) is 10.7. The van der Waals surface area contributed by atoms with Crippen LogP contribution in [0.5, 0.6) is 0 Å². The maximum atomic E-state index is 5.32. The Bertz CT molecular complexity index is 622. The molecule has 29 heavy (non-hydrogen) atoms. The Morgan fingerprint density at radius 3 is 2.59 bits per heavy atom. The predicted octanol–water partition coefficient (Wildman–Crippen LogP) is 3.97. The van der Waals surface area contributed by atoms with E-state index < -0.39 is 0 Å². The first-order valence-electron chi connectivity index (χ1n) is 11.0. The normalized spacial score (nSPS) is 23.1.